The highest BCUT2D eigenvalue weighted by atomic mass is 16.6. The Labute approximate surface area is 90.2 Å². The van der Waals surface area contributed by atoms with Crippen LogP contribution in [0.4, 0.5) is 4.79 Å². The Morgan fingerprint density at radius 2 is 2.07 bits per heavy atom. The Hall–Kier alpha value is -0.770. The summed E-state index contributed by atoms with van der Waals surface area (Å²) in [4.78, 5) is 13.5. The molecule has 2 bridgehead atoms. The van der Waals surface area contributed by atoms with E-state index in [9.17, 15) is 9.90 Å². The van der Waals surface area contributed by atoms with Crippen LogP contribution in [0.2, 0.25) is 0 Å². The van der Waals surface area contributed by atoms with E-state index in [2.05, 4.69) is 0 Å². The second-order valence-electron chi connectivity index (χ2n) is 5.59. The molecule has 2 rings (SSSR count). The minimum absolute atomic E-state index is 0.194. The van der Waals surface area contributed by atoms with Crippen LogP contribution in [0.3, 0.4) is 0 Å². The third kappa shape index (κ3) is 2.09. The molecular weight excluding hydrogens is 194 g/mol. The van der Waals surface area contributed by atoms with E-state index >= 15 is 0 Å². The molecule has 1 amide bonds. The van der Waals surface area contributed by atoms with E-state index in [-0.39, 0.29) is 24.2 Å². The van der Waals surface area contributed by atoms with Crippen molar-refractivity contribution in [1.82, 2.24) is 4.90 Å². The number of amides is 1. The number of ether oxygens (including phenoxy) is 1. The topological polar surface area (TPSA) is 49.8 Å². The van der Waals surface area contributed by atoms with Crippen LogP contribution < -0.4 is 0 Å². The van der Waals surface area contributed by atoms with Gasteiger partial charge in [-0.25, -0.2) is 4.79 Å². The van der Waals surface area contributed by atoms with Crippen molar-refractivity contribution in [1.29, 1.82) is 0 Å². The lowest BCUT2D eigenvalue weighted by Crippen LogP contribution is -2.44. The number of hydrogen-bond acceptors (Lipinski definition) is 3. The van der Waals surface area contributed by atoms with E-state index in [0.717, 1.165) is 6.42 Å². The second kappa shape index (κ2) is 3.37. The standard InChI is InChI=1S/C11H19NO3/c1-11(2,3)15-10(14)12-6-7-4-8(12)5-9(7)13/h7-9,13H,4-6H2,1-3H3/t7?,8-,9?/m1/s1. The summed E-state index contributed by atoms with van der Waals surface area (Å²) in [7, 11) is 0. The normalized spacial score (nSPS) is 34.7. The molecule has 4 heteroatoms. The molecule has 1 N–H and O–H groups in total. The van der Waals surface area contributed by atoms with Crippen LogP contribution in [-0.2, 0) is 4.74 Å². The molecule has 2 aliphatic rings. The van der Waals surface area contributed by atoms with Crippen molar-refractivity contribution in [2.45, 2.75) is 51.4 Å². The van der Waals surface area contributed by atoms with Gasteiger partial charge in [0, 0.05) is 18.5 Å². The molecule has 1 aliphatic heterocycles. The van der Waals surface area contributed by atoms with Gasteiger partial charge in [0.2, 0.25) is 0 Å². The van der Waals surface area contributed by atoms with Crippen LogP contribution >= 0.6 is 0 Å². The van der Waals surface area contributed by atoms with Crippen LogP contribution in [-0.4, -0.2) is 40.4 Å². The molecule has 2 unspecified atom stereocenters. The summed E-state index contributed by atoms with van der Waals surface area (Å²) in [5.41, 5.74) is -0.433. The van der Waals surface area contributed by atoms with E-state index in [0.29, 0.717) is 13.0 Å². The maximum atomic E-state index is 11.8. The number of aliphatic hydroxyl groups excluding tert-OH is 1. The van der Waals surface area contributed by atoms with Crippen molar-refractivity contribution in [3.05, 3.63) is 0 Å². The fourth-order valence-corrected chi connectivity index (χ4v) is 2.47. The third-order valence-electron chi connectivity index (χ3n) is 3.13. The first-order valence-electron chi connectivity index (χ1n) is 5.54. The predicted molar refractivity (Wildman–Crippen MR) is 55.5 cm³/mol. The minimum Gasteiger partial charge on any atom is -0.444 e. The van der Waals surface area contributed by atoms with Gasteiger partial charge < -0.3 is 14.7 Å². The van der Waals surface area contributed by atoms with Gasteiger partial charge in [-0.05, 0) is 33.6 Å². The number of nitrogens with zero attached hydrogens (tertiary/aromatic N) is 1. The number of carbonyl (C=O) groups excluding carboxylic acids is 1. The van der Waals surface area contributed by atoms with Gasteiger partial charge in [0.05, 0.1) is 6.10 Å². The maximum absolute atomic E-state index is 11.8. The van der Waals surface area contributed by atoms with Crippen molar-refractivity contribution < 1.29 is 14.6 Å². The molecular formula is C11H19NO3. The molecule has 3 atom stereocenters. The summed E-state index contributed by atoms with van der Waals surface area (Å²) in [5.74, 6) is 0.266. The Kier molecular flexibility index (Phi) is 2.41. The molecule has 2 fully saturated rings. The van der Waals surface area contributed by atoms with Gasteiger partial charge in [-0.1, -0.05) is 0 Å². The number of likely N-dealkylation sites (tertiary alicyclic amines) is 1. The summed E-state index contributed by atoms with van der Waals surface area (Å²) in [6, 6.07) is 0.194. The van der Waals surface area contributed by atoms with Gasteiger partial charge in [-0.2, -0.15) is 0 Å². The molecule has 0 aromatic heterocycles. The first-order chi connectivity index (χ1) is 6.87. The molecule has 1 heterocycles. The molecule has 0 aromatic carbocycles. The smallest absolute Gasteiger partial charge is 0.410 e. The zero-order chi connectivity index (χ0) is 11.2. The van der Waals surface area contributed by atoms with Crippen LogP contribution in [0, 0.1) is 5.92 Å². The minimum atomic E-state index is -0.433. The molecule has 0 spiro atoms. The second-order valence-corrected chi connectivity index (χ2v) is 5.59. The monoisotopic (exact) mass is 213 g/mol. The van der Waals surface area contributed by atoms with Gasteiger partial charge in [0.1, 0.15) is 5.60 Å². The quantitative estimate of drug-likeness (QED) is 0.661. The fraction of sp³-hybridized carbons (Fsp3) is 0.909. The summed E-state index contributed by atoms with van der Waals surface area (Å²) in [6.45, 7) is 6.26. The van der Waals surface area contributed by atoms with Crippen molar-refractivity contribution in [3.63, 3.8) is 0 Å². The fourth-order valence-electron chi connectivity index (χ4n) is 2.47. The maximum Gasteiger partial charge on any atom is 0.410 e. The number of rotatable bonds is 0. The molecule has 1 saturated heterocycles. The van der Waals surface area contributed by atoms with Gasteiger partial charge in [0.15, 0.2) is 0 Å². The lowest BCUT2D eigenvalue weighted by molar-refractivity contribution is 0.00788. The van der Waals surface area contributed by atoms with Crippen LogP contribution in [0.1, 0.15) is 33.6 Å². The van der Waals surface area contributed by atoms with Crippen LogP contribution in [0.5, 0.6) is 0 Å². The van der Waals surface area contributed by atoms with E-state index < -0.39 is 5.60 Å². The van der Waals surface area contributed by atoms with Crippen molar-refractivity contribution >= 4 is 6.09 Å². The van der Waals surface area contributed by atoms with E-state index in [1.54, 1.807) is 4.90 Å². The van der Waals surface area contributed by atoms with Gasteiger partial charge in [0.25, 0.3) is 0 Å². The summed E-state index contributed by atoms with van der Waals surface area (Å²) in [5, 5.41) is 9.57. The van der Waals surface area contributed by atoms with Gasteiger partial charge >= 0.3 is 6.09 Å². The Morgan fingerprint density at radius 1 is 1.40 bits per heavy atom. The zero-order valence-electron chi connectivity index (χ0n) is 9.56. The van der Waals surface area contributed by atoms with Crippen molar-refractivity contribution in [3.8, 4) is 0 Å². The summed E-state index contributed by atoms with van der Waals surface area (Å²) in [6.07, 6.45) is 1.19. The Bertz CT molecular complexity index is 269. The average Bonchev–Trinajstić information content (AvgIpc) is 2.58. The van der Waals surface area contributed by atoms with Crippen LogP contribution in [0.15, 0.2) is 0 Å². The predicted octanol–water partition coefficient (Wildman–Crippen LogP) is 1.38. The summed E-state index contributed by atoms with van der Waals surface area (Å²) < 4.78 is 5.31. The van der Waals surface area contributed by atoms with Crippen molar-refractivity contribution in [2.24, 2.45) is 5.92 Å². The first-order valence-corrected chi connectivity index (χ1v) is 5.54. The first kappa shape index (κ1) is 10.7. The highest BCUT2D eigenvalue weighted by Crippen LogP contribution is 2.38. The number of fused-ring (bicyclic) bond motifs is 2. The number of hydrogen-bond donors (Lipinski definition) is 1. The van der Waals surface area contributed by atoms with Gasteiger partial charge in [-0.15, -0.1) is 0 Å². The highest BCUT2D eigenvalue weighted by Gasteiger charge is 2.46. The number of aliphatic hydroxyl groups is 1. The van der Waals surface area contributed by atoms with Crippen molar-refractivity contribution in [2.75, 3.05) is 6.54 Å². The molecule has 86 valence electrons. The zero-order valence-corrected chi connectivity index (χ0v) is 9.56. The van der Waals surface area contributed by atoms with E-state index in [1.165, 1.54) is 0 Å². The third-order valence-corrected chi connectivity index (χ3v) is 3.13. The largest absolute Gasteiger partial charge is 0.444 e. The molecule has 0 aromatic rings. The Morgan fingerprint density at radius 3 is 2.47 bits per heavy atom. The van der Waals surface area contributed by atoms with Crippen LogP contribution in [0.25, 0.3) is 0 Å². The Balaban J connectivity index is 1.94. The molecule has 4 nitrogen and oxygen atoms in total. The molecule has 0 radical (unpaired) electrons. The van der Waals surface area contributed by atoms with E-state index in [1.807, 2.05) is 20.8 Å². The highest BCUT2D eigenvalue weighted by molar-refractivity contribution is 5.69. The number of carbonyl (C=O) groups is 1. The molecule has 1 aliphatic carbocycles. The van der Waals surface area contributed by atoms with Gasteiger partial charge in [-0.3, -0.25) is 0 Å². The number of piperidine rings is 1. The lowest BCUT2D eigenvalue weighted by atomic mass is 10.1. The molecule has 15 heavy (non-hydrogen) atoms. The van der Waals surface area contributed by atoms with E-state index in [4.69, 9.17) is 4.74 Å². The average molecular weight is 213 g/mol. The SMILES string of the molecule is CC(C)(C)OC(=O)N1CC2C[C@@H]1CC2O. The molecule has 1 saturated carbocycles. The summed E-state index contributed by atoms with van der Waals surface area (Å²) >= 11 is 0. The lowest BCUT2D eigenvalue weighted by Gasteiger charge is -2.31.